The maximum atomic E-state index is 12.1. The van der Waals surface area contributed by atoms with Gasteiger partial charge >= 0.3 is 0 Å². The molecule has 0 spiro atoms. The number of hydrogen-bond acceptors (Lipinski definition) is 3. The molecule has 1 aromatic rings. The first kappa shape index (κ1) is 13.8. The SMILES string of the molecule is NCC(NC(=O)c1c[nH]ccc1=O)C1CCCCC1. The van der Waals surface area contributed by atoms with Gasteiger partial charge in [0.05, 0.1) is 0 Å². The molecule has 1 fully saturated rings. The Morgan fingerprint density at radius 3 is 2.79 bits per heavy atom. The number of carbonyl (C=O) groups is 1. The van der Waals surface area contributed by atoms with Crippen molar-refractivity contribution in [3.05, 3.63) is 34.2 Å². The van der Waals surface area contributed by atoms with Gasteiger partial charge in [-0.15, -0.1) is 0 Å². The smallest absolute Gasteiger partial charge is 0.257 e. The molecule has 0 aromatic carbocycles. The van der Waals surface area contributed by atoms with E-state index in [1.165, 1.54) is 37.7 Å². The summed E-state index contributed by atoms with van der Waals surface area (Å²) < 4.78 is 0. The van der Waals surface area contributed by atoms with Crippen molar-refractivity contribution in [2.24, 2.45) is 11.7 Å². The zero-order valence-electron chi connectivity index (χ0n) is 11.0. The van der Waals surface area contributed by atoms with Crippen LogP contribution in [0.3, 0.4) is 0 Å². The highest BCUT2D eigenvalue weighted by molar-refractivity contribution is 5.93. The van der Waals surface area contributed by atoms with Gasteiger partial charge in [0, 0.05) is 31.0 Å². The Labute approximate surface area is 112 Å². The van der Waals surface area contributed by atoms with E-state index in [1.807, 2.05) is 0 Å². The van der Waals surface area contributed by atoms with Crippen molar-refractivity contribution >= 4 is 5.91 Å². The second-order valence-electron chi connectivity index (χ2n) is 5.14. The molecule has 1 saturated carbocycles. The molecule has 1 aliphatic carbocycles. The molecular formula is C14H21N3O2. The molecule has 2 rings (SSSR count). The number of amides is 1. The van der Waals surface area contributed by atoms with Crippen LogP contribution in [0.5, 0.6) is 0 Å². The summed E-state index contributed by atoms with van der Waals surface area (Å²) in [6.45, 7) is 0.418. The average molecular weight is 263 g/mol. The van der Waals surface area contributed by atoms with Crippen LogP contribution in [0.4, 0.5) is 0 Å². The van der Waals surface area contributed by atoms with E-state index in [2.05, 4.69) is 10.3 Å². The highest BCUT2D eigenvalue weighted by Crippen LogP contribution is 2.26. The molecule has 1 amide bonds. The van der Waals surface area contributed by atoms with Crippen molar-refractivity contribution in [1.82, 2.24) is 10.3 Å². The lowest BCUT2D eigenvalue weighted by Crippen LogP contribution is -2.46. The van der Waals surface area contributed by atoms with Crippen LogP contribution in [0.2, 0.25) is 0 Å². The molecule has 1 heterocycles. The predicted octanol–water partition coefficient (Wildman–Crippen LogP) is 1.01. The number of H-pyrrole nitrogens is 1. The topological polar surface area (TPSA) is 88.0 Å². The van der Waals surface area contributed by atoms with E-state index in [0.29, 0.717) is 12.5 Å². The predicted molar refractivity (Wildman–Crippen MR) is 73.9 cm³/mol. The molecule has 1 unspecified atom stereocenters. The maximum absolute atomic E-state index is 12.1. The first-order valence-electron chi connectivity index (χ1n) is 6.90. The number of hydrogen-bond donors (Lipinski definition) is 3. The van der Waals surface area contributed by atoms with Crippen LogP contribution in [-0.4, -0.2) is 23.5 Å². The van der Waals surface area contributed by atoms with Crippen molar-refractivity contribution < 1.29 is 4.79 Å². The Kier molecular flexibility index (Phi) is 4.74. The van der Waals surface area contributed by atoms with Gasteiger partial charge in [-0.3, -0.25) is 9.59 Å². The van der Waals surface area contributed by atoms with Crippen molar-refractivity contribution in [2.45, 2.75) is 38.1 Å². The monoisotopic (exact) mass is 263 g/mol. The molecule has 104 valence electrons. The summed E-state index contributed by atoms with van der Waals surface area (Å²) in [5.74, 6) is 0.105. The second-order valence-corrected chi connectivity index (χ2v) is 5.14. The third-order valence-corrected chi connectivity index (χ3v) is 3.86. The molecule has 5 heteroatoms. The molecular weight excluding hydrogens is 242 g/mol. The van der Waals surface area contributed by atoms with Crippen LogP contribution >= 0.6 is 0 Å². The highest BCUT2D eigenvalue weighted by Gasteiger charge is 2.24. The molecule has 19 heavy (non-hydrogen) atoms. The number of nitrogens with two attached hydrogens (primary N) is 1. The summed E-state index contributed by atoms with van der Waals surface area (Å²) >= 11 is 0. The van der Waals surface area contributed by atoms with Gasteiger partial charge in [-0.1, -0.05) is 19.3 Å². The van der Waals surface area contributed by atoms with Gasteiger partial charge in [-0.25, -0.2) is 0 Å². The summed E-state index contributed by atoms with van der Waals surface area (Å²) in [5.41, 5.74) is 5.65. The molecule has 0 bridgehead atoms. The Morgan fingerprint density at radius 2 is 2.16 bits per heavy atom. The Bertz CT molecular complexity index is 478. The minimum atomic E-state index is -0.331. The Morgan fingerprint density at radius 1 is 1.42 bits per heavy atom. The Hall–Kier alpha value is -1.62. The molecule has 4 N–H and O–H groups in total. The zero-order chi connectivity index (χ0) is 13.7. The van der Waals surface area contributed by atoms with Gasteiger partial charge < -0.3 is 16.0 Å². The van der Waals surface area contributed by atoms with Crippen molar-refractivity contribution in [3.8, 4) is 0 Å². The molecule has 0 radical (unpaired) electrons. The van der Waals surface area contributed by atoms with E-state index in [1.54, 1.807) is 0 Å². The fourth-order valence-electron chi connectivity index (χ4n) is 2.75. The number of carbonyl (C=O) groups excluding carboxylic acids is 1. The molecule has 1 aliphatic rings. The van der Waals surface area contributed by atoms with E-state index >= 15 is 0 Å². The molecule has 0 aliphatic heterocycles. The van der Waals surface area contributed by atoms with Crippen molar-refractivity contribution in [2.75, 3.05) is 6.54 Å². The summed E-state index contributed by atoms with van der Waals surface area (Å²) in [6, 6.07) is 1.32. The summed E-state index contributed by atoms with van der Waals surface area (Å²) in [7, 11) is 0. The number of rotatable bonds is 4. The minimum absolute atomic E-state index is 0.0348. The van der Waals surface area contributed by atoms with E-state index in [0.717, 1.165) is 12.8 Å². The summed E-state index contributed by atoms with van der Waals surface area (Å²) in [6.07, 6.45) is 8.82. The van der Waals surface area contributed by atoms with Gasteiger partial charge in [0.2, 0.25) is 0 Å². The van der Waals surface area contributed by atoms with Crippen molar-refractivity contribution in [1.29, 1.82) is 0 Å². The molecule has 1 aromatic heterocycles. The van der Waals surface area contributed by atoms with Crippen LogP contribution in [-0.2, 0) is 0 Å². The maximum Gasteiger partial charge on any atom is 0.257 e. The van der Waals surface area contributed by atoms with Gasteiger partial charge in [-0.05, 0) is 18.8 Å². The fourth-order valence-corrected chi connectivity index (χ4v) is 2.75. The average Bonchev–Trinajstić information content (AvgIpc) is 2.46. The van der Waals surface area contributed by atoms with E-state index in [-0.39, 0.29) is 22.9 Å². The highest BCUT2D eigenvalue weighted by atomic mass is 16.2. The standard InChI is InChI=1S/C14H21N3O2/c15-8-12(10-4-2-1-3-5-10)17-14(19)11-9-16-7-6-13(11)18/h6-7,9-10,12H,1-5,8,15H2,(H,16,18)(H,17,19). The Balaban J connectivity index is 2.04. The quantitative estimate of drug-likeness (QED) is 0.757. The number of nitrogens with one attached hydrogen (secondary N) is 2. The first-order valence-corrected chi connectivity index (χ1v) is 6.90. The van der Waals surface area contributed by atoms with Crippen LogP contribution in [0.25, 0.3) is 0 Å². The third kappa shape index (κ3) is 3.44. The minimum Gasteiger partial charge on any atom is -0.367 e. The van der Waals surface area contributed by atoms with Gasteiger partial charge in [-0.2, -0.15) is 0 Å². The summed E-state index contributed by atoms with van der Waals surface area (Å²) in [5, 5.41) is 2.91. The van der Waals surface area contributed by atoms with Gasteiger partial charge in [0.25, 0.3) is 5.91 Å². The largest absolute Gasteiger partial charge is 0.367 e. The van der Waals surface area contributed by atoms with Gasteiger partial charge in [0.15, 0.2) is 5.43 Å². The van der Waals surface area contributed by atoms with Crippen molar-refractivity contribution in [3.63, 3.8) is 0 Å². The molecule has 0 saturated heterocycles. The van der Waals surface area contributed by atoms with E-state index < -0.39 is 0 Å². The van der Waals surface area contributed by atoms with Crippen LogP contribution in [0, 0.1) is 5.92 Å². The lowest BCUT2D eigenvalue weighted by molar-refractivity contribution is 0.0914. The molecule has 1 atom stereocenters. The lowest BCUT2D eigenvalue weighted by Gasteiger charge is -2.30. The van der Waals surface area contributed by atoms with E-state index in [9.17, 15) is 9.59 Å². The second kappa shape index (κ2) is 6.52. The number of pyridine rings is 1. The first-order chi connectivity index (χ1) is 9.22. The van der Waals surface area contributed by atoms with E-state index in [4.69, 9.17) is 5.73 Å². The number of aromatic amines is 1. The normalized spacial score (nSPS) is 17.9. The van der Waals surface area contributed by atoms with Crippen LogP contribution < -0.4 is 16.5 Å². The zero-order valence-corrected chi connectivity index (χ0v) is 11.0. The number of aromatic nitrogens is 1. The van der Waals surface area contributed by atoms with Gasteiger partial charge in [0.1, 0.15) is 5.56 Å². The fraction of sp³-hybridized carbons (Fsp3) is 0.571. The lowest BCUT2D eigenvalue weighted by atomic mass is 9.84. The van der Waals surface area contributed by atoms with Crippen LogP contribution in [0.1, 0.15) is 42.5 Å². The molecule has 5 nitrogen and oxygen atoms in total. The summed E-state index contributed by atoms with van der Waals surface area (Å²) in [4.78, 5) is 26.4. The van der Waals surface area contributed by atoms with Crippen LogP contribution in [0.15, 0.2) is 23.3 Å². The third-order valence-electron chi connectivity index (χ3n) is 3.86.